The van der Waals surface area contributed by atoms with Crippen molar-refractivity contribution in [3.05, 3.63) is 33.8 Å². The Morgan fingerprint density at radius 3 is 2.86 bits per heavy atom. The molecular weight excluding hydrogens is 242 g/mol. The highest BCUT2D eigenvalue weighted by molar-refractivity contribution is 9.10. The molecule has 1 amide bonds. The van der Waals surface area contributed by atoms with Crippen LogP contribution in [0.3, 0.4) is 0 Å². The predicted molar refractivity (Wildman–Crippen MR) is 57.0 cm³/mol. The summed E-state index contributed by atoms with van der Waals surface area (Å²) < 4.78 is 1.06. The van der Waals surface area contributed by atoms with Crippen molar-refractivity contribution in [3.63, 3.8) is 0 Å². The molecule has 2 aliphatic rings. The molecule has 0 saturated heterocycles. The van der Waals surface area contributed by atoms with Crippen LogP contribution in [0, 0.1) is 0 Å². The first-order chi connectivity index (χ1) is 6.75. The van der Waals surface area contributed by atoms with Crippen LogP contribution >= 0.6 is 15.9 Å². The minimum Gasteiger partial charge on any atom is -0.331 e. The topological polar surface area (TPSA) is 20.3 Å². The molecule has 0 radical (unpaired) electrons. The van der Waals surface area contributed by atoms with Gasteiger partial charge in [-0.25, -0.2) is 0 Å². The monoisotopic (exact) mass is 251 g/mol. The van der Waals surface area contributed by atoms with Crippen LogP contribution in [0.4, 0.5) is 0 Å². The van der Waals surface area contributed by atoms with Crippen LogP contribution in [-0.2, 0) is 6.54 Å². The van der Waals surface area contributed by atoms with Crippen molar-refractivity contribution in [2.45, 2.75) is 25.4 Å². The molecule has 3 heteroatoms. The van der Waals surface area contributed by atoms with Crippen LogP contribution in [0.15, 0.2) is 22.7 Å². The molecule has 0 unspecified atom stereocenters. The van der Waals surface area contributed by atoms with Crippen molar-refractivity contribution >= 4 is 21.8 Å². The maximum absolute atomic E-state index is 11.9. The second-order valence-corrected chi connectivity index (χ2v) is 4.88. The predicted octanol–water partition coefficient (Wildman–Crippen LogP) is 2.57. The molecule has 0 bridgehead atoms. The molecule has 0 atom stereocenters. The Balaban J connectivity index is 2.01. The molecule has 1 aliphatic heterocycles. The van der Waals surface area contributed by atoms with E-state index in [2.05, 4.69) is 22.0 Å². The number of carbonyl (C=O) groups excluding carboxylic acids is 1. The first kappa shape index (κ1) is 8.48. The molecule has 72 valence electrons. The summed E-state index contributed by atoms with van der Waals surface area (Å²) in [5.41, 5.74) is 2.05. The summed E-state index contributed by atoms with van der Waals surface area (Å²) in [4.78, 5) is 13.9. The van der Waals surface area contributed by atoms with E-state index >= 15 is 0 Å². The Morgan fingerprint density at radius 2 is 2.14 bits per heavy atom. The smallest absolute Gasteiger partial charge is 0.254 e. The third-order valence-corrected chi connectivity index (χ3v) is 3.38. The van der Waals surface area contributed by atoms with Crippen molar-refractivity contribution < 1.29 is 4.79 Å². The number of hydrogen-bond donors (Lipinski definition) is 0. The van der Waals surface area contributed by atoms with Crippen LogP contribution in [-0.4, -0.2) is 16.8 Å². The van der Waals surface area contributed by atoms with Crippen molar-refractivity contribution in [2.24, 2.45) is 0 Å². The molecule has 1 saturated carbocycles. The number of carbonyl (C=O) groups is 1. The summed E-state index contributed by atoms with van der Waals surface area (Å²) >= 11 is 3.43. The zero-order valence-electron chi connectivity index (χ0n) is 7.66. The lowest BCUT2D eigenvalue weighted by molar-refractivity contribution is 0.0766. The zero-order valence-corrected chi connectivity index (χ0v) is 9.25. The van der Waals surface area contributed by atoms with Gasteiger partial charge in [-0.15, -0.1) is 0 Å². The van der Waals surface area contributed by atoms with Gasteiger partial charge in [0.15, 0.2) is 0 Å². The number of benzene rings is 1. The molecule has 1 aromatic carbocycles. The van der Waals surface area contributed by atoms with Gasteiger partial charge in [-0.2, -0.15) is 0 Å². The summed E-state index contributed by atoms with van der Waals surface area (Å²) in [7, 11) is 0. The Kier molecular flexibility index (Phi) is 1.71. The summed E-state index contributed by atoms with van der Waals surface area (Å²) in [6, 6.07) is 6.43. The van der Waals surface area contributed by atoms with E-state index in [1.54, 1.807) is 0 Å². The maximum Gasteiger partial charge on any atom is 0.254 e. The number of rotatable bonds is 1. The average Bonchev–Trinajstić information content (AvgIpc) is 2.93. The first-order valence-electron chi connectivity index (χ1n) is 4.85. The largest absolute Gasteiger partial charge is 0.331 e. The second kappa shape index (κ2) is 2.83. The lowest BCUT2D eigenvalue weighted by atomic mass is 10.1. The minimum atomic E-state index is 0.218. The van der Waals surface area contributed by atoms with Gasteiger partial charge in [0.2, 0.25) is 0 Å². The molecule has 0 N–H and O–H groups in total. The van der Waals surface area contributed by atoms with E-state index in [1.165, 1.54) is 12.8 Å². The zero-order chi connectivity index (χ0) is 9.71. The lowest BCUT2D eigenvalue weighted by Gasteiger charge is -2.13. The number of hydrogen-bond acceptors (Lipinski definition) is 1. The molecule has 14 heavy (non-hydrogen) atoms. The standard InChI is InChI=1S/C11H10BrNO/c12-8-1-4-10-7(5-8)6-13(11(10)14)9-2-3-9/h1,4-5,9H,2-3,6H2. The van der Waals surface area contributed by atoms with E-state index in [9.17, 15) is 4.79 Å². The summed E-state index contributed by atoms with van der Waals surface area (Å²) in [5.74, 6) is 0.218. The van der Waals surface area contributed by atoms with Crippen molar-refractivity contribution in [3.8, 4) is 0 Å². The van der Waals surface area contributed by atoms with Gasteiger partial charge in [-0.3, -0.25) is 4.79 Å². The Hall–Kier alpha value is -0.830. The van der Waals surface area contributed by atoms with E-state index in [1.807, 2.05) is 17.0 Å². The molecular formula is C11H10BrNO. The summed E-state index contributed by atoms with van der Waals surface area (Å²) in [6.07, 6.45) is 2.36. The minimum absolute atomic E-state index is 0.218. The number of nitrogens with zero attached hydrogens (tertiary/aromatic N) is 1. The molecule has 1 heterocycles. The molecule has 0 aromatic heterocycles. The van der Waals surface area contributed by atoms with Gasteiger partial charge in [0.05, 0.1) is 0 Å². The molecule has 2 nitrogen and oxygen atoms in total. The van der Waals surface area contributed by atoms with Gasteiger partial charge in [-0.05, 0) is 36.6 Å². The van der Waals surface area contributed by atoms with Crippen LogP contribution in [0.5, 0.6) is 0 Å². The molecule has 1 aromatic rings. The van der Waals surface area contributed by atoms with Crippen LogP contribution < -0.4 is 0 Å². The lowest BCUT2D eigenvalue weighted by Crippen LogP contribution is -2.25. The van der Waals surface area contributed by atoms with Crippen molar-refractivity contribution in [1.29, 1.82) is 0 Å². The summed E-state index contributed by atoms with van der Waals surface area (Å²) in [5, 5.41) is 0. The highest BCUT2D eigenvalue weighted by Gasteiger charge is 2.37. The van der Waals surface area contributed by atoms with Crippen LogP contribution in [0.1, 0.15) is 28.8 Å². The SMILES string of the molecule is O=C1c2ccc(Br)cc2CN1C1CC1. The maximum atomic E-state index is 11.9. The first-order valence-corrected chi connectivity index (χ1v) is 5.64. The van der Waals surface area contributed by atoms with Gasteiger partial charge in [0.1, 0.15) is 0 Å². The molecule has 1 aliphatic carbocycles. The normalized spacial score (nSPS) is 20.1. The third-order valence-electron chi connectivity index (χ3n) is 2.89. The van der Waals surface area contributed by atoms with Gasteiger partial charge in [-0.1, -0.05) is 15.9 Å². The number of fused-ring (bicyclic) bond motifs is 1. The number of halogens is 1. The fourth-order valence-corrected chi connectivity index (χ4v) is 2.40. The number of amides is 1. The van der Waals surface area contributed by atoms with Crippen molar-refractivity contribution in [1.82, 2.24) is 4.90 Å². The third kappa shape index (κ3) is 1.19. The van der Waals surface area contributed by atoms with E-state index in [0.717, 1.165) is 22.1 Å². The van der Waals surface area contributed by atoms with E-state index < -0.39 is 0 Å². The highest BCUT2D eigenvalue weighted by atomic mass is 79.9. The van der Waals surface area contributed by atoms with Gasteiger partial charge >= 0.3 is 0 Å². The van der Waals surface area contributed by atoms with Crippen LogP contribution in [0.2, 0.25) is 0 Å². The van der Waals surface area contributed by atoms with Crippen LogP contribution in [0.25, 0.3) is 0 Å². The van der Waals surface area contributed by atoms with Gasteiger partial charge in [0.25, 0.3) is 5.91 Å². The Morgan fingerprint density at radius 1 is 1.36 bits per heavy atom. The fraction of sp³-hybridized carbons (Fsp3) is 0.364. The van der Waals surface area contributed by atoms with E-state index in [0.29, 0.717) is 6.04 Å². The molecule has 1 fully saturated rings. The van der Waals surface area contributed by atoms with E-state index in [4.69, 9.17) is 0 Å². The second-order valence-electron chi connectivity index (χ2n) is 3.97. The average molecular weight is 252 g/mol. The Labute approximate surface area is 91.0 Å². The molecule has 3 rings (SSSR count). The van der Waals surface area contributed by atoms with Crippen molar-refractivity contribution in [2.75, 3.05) is 0 Å². The fourth-order valence-electron chi connectivity index (χ4n) is 1.99. The Bertz CT molecular complexity index is 412. The van der Waals surface area contributed by atoms with Gasteiger partial charge < -0.3 is 4.90 Å². The highest BCUT2D eigenvalue weighted by Crippen LogP contribution is 2.35. The summed E-state index contributed by atoms with van der Waals surface area (Å²) in [6.45, 7) is 0.804. The van der Waals surface area contributed by atoms with E-state index in [-0.39, 0.29) is 5.91 Å². The quantitative estimate of drug-likeness (QED) is 0.752. The van der Waals surface area contributed by atoms with Gasteiger partial charge in [0, 0.05) is 22.6 Å². The molecule has 0 spiro atoms.